The van der Waals surface area contributed by atoms with E-state index in [-0.39, 0.29) is 24.6 Å². The Kier molecular flexibility index (Phi) is 3.74. The summed E-state index contributed by atoms with van der Waals surface area (Å²) in [5, 5.41) is 18.0. The van der Waals surface area contributed by atoms with Crippen molar-refractivity contribution in [3.8, 4) is 23.7 Å². The lowest BCUT2D eigenvalue weighted by Gasteiger charge is -2.31. The van der Waals surface area contributed by atoms with E-state index in [1.54, 1.807) is 18.2 Å². The molecule has 1 aliphatic heterocycles. The molecule has 128 valence electrons. The third-order valence-corrected chi connectivity index (χ3v) is 4.38. The summed E-state index contributed by atoms with van der Waals surface area (Å²) in [5.74, 6) is 0.370. The van der Waals surface area contributed by atoms with Crippen LogP contribution in [0.15, 0.2) is 34.9 Å². The maximum atomic E-state index is 15.3. The zero-order chi connectivity index (χ0) is 18.1. The molecule has 0 radical (unpaired) electrons. The molecule has 3 heterocycles. The van der Waals surface area contributed by atoms with E-state index >= 15 is 4.39 Å². The van der Waals surface area contributed by atoms with Crippen LogP contribution in [0.4, 0.5) is 4.39 Å². The van der Waals surface area contributed by atoms with Gasteiger partial charge in [0.15, 0.2) is 17.6 Å². The van der Waals surface area contributed by atoms with E-state index in [1.165, 1.54) is 17.2 Å². The second-order valence-electron chi connectivity index (χ2n) is 6.17. The molecule has 0 aliphatic carbocycles. The monoisotopic (exact) mass is 348 g/mol. The zero-order valence-corrected chi connectivity index (χ0v) is 13.7. The fourth-order valence-corrected chi connectivity index (χ4v) is 3.09. The van der Waals surface area contributed by atoms with Crippen molar-refractivity contribution in [1.82, 2.24) is 19.9 Å². The first-order valence-electron chi connectivity index (χ1n) is 8.09. The largest absolute Gasteiger partial charge is 0.437 e. The molecular formula is C18H13FN6O. The Morgan fingerprint density at radius 3 is 2.92 bits per heavy atom. The van der Waals surface area contributed by atoms with E-state index in [1.807, 2.05) is 12.3 Å². The number of fused-ring (bicyclic) bond motifs is 1. The first kappa shape index (κ1) is 16.0. The zero-order valence-electron chi connectivity index (χ0n) is 13.7. The highest BCUT2D eigenvalue weighted by atomic mass is 19.1. The lowest BCUT2D eigenvalue weighted by Crippen LogP contribution is -2.41. The highest BCUT2D eigenvalue weighted by molar-refractivity contribution is 5.78. The van der Waals surface area contributed by atoms with Gasteiger partial charge >= 0.3 is 0 Å². The molecule has 1 atom stereocenters. The molecule has 1 fully saturated rings. The fraction of sp³-hybridized carbons (Fsp3) is 0.278. The number of rotatable bonds is 2. The Hall–Kier alpha value is -3.52. The van der Waals surface area contributed by atoms with Crippen LogP contribution in [0.2, 0.25) is 0 Å². The van der Waals surface area contributed by atoms with Gasteiger partial charge in [-0.15, -0.1) is 0 Å². The van der Waals surface area contributed by atoms with Crippen molar-refractivity contribution in [2.75, 3.05) is 13.1 Å². The topological polar surface area (TPSA) is 103 Å². The first-order chi connectivity index (χ1) is 12.6. The van der Waals surface area contributed by atoms with Gasteiger partial charge in [0.1, 0.15) is 17.3 Å². The van der Waals surface area contributed by atoms with Crippen molar-refractivity contribution >= 4 is 11.1 Å². The molecule has 1 saturated heterocycles. The third-order valence-electron chi connectivity index (χ3n) is 4.38. The molecule has 0 spiro atoms. The Morgan fingerprint density at radius 2 is 2.12 bits per heavy atom. The van der Waals surface area contributed by atoms with Gasteiger partial charge in [-0.1, -0.05) is 0 Å². The van der Waals surface area contributed by atoms with Crippen LogP contribution in [0.5, 0.6) is 0 Å². The average molecular weight is 348 g/mol. The number of nitrogens with zero attached hydrogens (tertiary/aromatic N) is 6. The molecule has 4 rings (SSSR count). The normalized spacial score (nSPS) is 19.9. The van der Waals surface area contributed by atoms with Crippen LogP contribution in [0.3, 0.4) is 0 Å². The number of benzene rings is 1. The molecule has 0 bridgehead atoms. The number of hydrogen-bond acceptors (Lipinski definition) is 7. The summed E-state index contributed by atoms with van der Waals surface area (Å²) in [7, 11) is 0. The minimum atomic E-state index is -1.79. The van der Waals surface area contributed by atoms with Crippen molar-refractivity contribution in [3.63, 3.8) is 0 Å². The molecule has 8 heteroatoms. The number of aromatic nitrogens is 3. The molecule has 1 unspecified atom stereocenters. The molecule has 1 aromatic carbocycles. The maximum absolute atomic E-state index is 15.3. The summed E-state index contributed by atoms with van der Waals surface area (Å²) < 4.78 is 20.9. The van der Waals surface area contributed by atoms with Crippen LogP contribution in [0.25, 0.3) is 22.5 Å². The number of oxazole rings is 1. The maximum Gasteiger partial charge on any atom is 0.235 e. The van der Waals surface area contributed by atoms with Crippen LogP contribution in [-0.4, -0.2) is 32.9 Å². The average Bonchev–Trinajstić information content (AvgIpc) is 3.12. The minimum absolute atomic E-state index is 0.0173. The van der Waals surface area contributed by atoms with Gasteiger partial charge in [0.2, 0.25) is 11.6 Å². The summed E-state index contributed by atoms with van der Waals surface area (Å²) in [6, 6.07) is 8.61. The Balaban J connectivity index is 1.72. The van der Waals surface area contributed by atoms with Gasteiger partial charge in [-0.2, -0.15) is 10.5 Å². The molecule has 2 aromatic heterocycles. The van der Waals surface area contributed by atoms with E-state index in [0.29, 0.717) is 35.5 Å². The molecule has 26 heavy (non-hydrogen) atoms. The molecule has 0 saturated carbocycles. The Bertz CT molecular complexity index is 1070. The van der Waals surface area contributed by atoms with Crippen LogP contribution in [0.1, 0.15) is 24.4 Å². The number of likely N-dealkylation sites (tertiary alicyclic amines) is 1. The van der Waals surface area contributed by atoms with Crippen molar-refractivity contribution in [3.05, 3.63) is 42.0 Å². The fourth-order valence-electron chi connectivity index (χ4n) is 3.09. The van der Waals surface area contributed by atoms with E-state index in [4.69, 9.17) is 14.9 Å². The third kappa shape index (κ3) is 2.72. The lowest BCUT2D eigenvalue weighted by molar-refractivity contribution is 0.0451. The van der Waals surface area contributed by atoms with Crippen molar-refractivity contribution in [2.24, 2.45) is 0 Å². The van der Waals surface area contributed by atoms with Crippen molar-refractivity contribution in [2.45, 2.75) is 18.5 Å². The Morgan fingerprint density at radius 1 is 1.23 bits per heavy atom. The van der Waals surface area contributed by atoms with Crippen molar-refractivity contribution in [1.29, 1.82) is 10.5 Å². The van der Waals surface area contributed by atoms with Gasteiger partial charge in [-0.25, -0.2) is 19.3 Å². The summed E-state index contributed by atoms with van der Waals surface area (Å²) in [6.07, 6.45) is 4.31. The van der Waals surface area contributed by atoms with Gasteiger partial charge in [0.05, 0.1) is 6.54 Å². The van der Waals surface area contributed by atoms with Gasteiger partial charge in [0.25, 0.3) is 0 Å². The predicted octanol–water partition coefficient (Wildman–Crippen LogP) is 2.90. The summed E-state index contributed by atoms with van der Waals surface area (Å²) in [6.45, 7) is 0.482. The number of alkyl halides is 1. The van der Waals surface area contributed by atoms with Gasteiger partial charge < -0.3 is 9.32 Å². The van der Waals surface area contributed by atoms with Gasteiger partial charge in [-0.05, 0) is 37.1 Å². The highest BCUT2D eigenvalue weighted by Crippen LogP contribution is 2.36. The predicted molar refractivity (Wildman–Crippen MR) is 89.0 cm³/mol. The quantitative estimate of drug-likeness (QED) is 0.656. The SMILES string of the molecule is N#Cc1ccnc(-c2ccc3oc(C4(F)CCCN(C#N)C4)nc3c2)n1. The molecular weight excluding hydrogens is 335 g/mol. The molecule has 3 aromatic rings. The van der Waals surface area contributed by atoms with Crippen LogP contribution in [0, 0.1) is 22.8 Å². The second-order valence-corrected chi connectivity index (χ2v) is 6.17. The number of halogens is 1. The van der Waals surface area contributed by atoms with E-state index < -0.39 is 5.67 Å². The van der Waals surface area contributed by atoms with Crippen LogP contribution < -0.4 is 0 Å². The summed E-state index contributed by atoms with van der Waals surface area (Å²) >= 11 is 0. The second kappa shape index (κ2) is 6.08. The molecule has 0 N–H and O–H groups in total. The van der Waals surface area contributed by atoms with Crippen LogP contribution in [-0.2, 0) is 5.67 Å². The molecule has 0 amide bonds. The number of hydrogen-bond donors (Lipinski definition) is 0. The molecule has 1 aliphatic rings. The van der Waals surface area contributed by atoms with E-state index in [0.717, 1.165) is 0 Å². The standard InChI is InChI=1S/C18H13FN6O/c19-18(5-1-7-25(10-18)11-21)17-24-14-8-12(2-3-15(14)26-17)16-22-6-4-13(9-20)23-16/h2-4,6,8H,1,5,7,10H2. The number of nitriles is 2. The summed E-state index contributed by atoms with van der Waals surface area (Å²) in [5.41, 5.74) is 0.0627. The van der Waals surface area contributed by atoms with Gasteiger partial charge in [0, 0.05) is 18.3 Å². The van der Waals surface area contributed by atoms with Gasteiger partial charge in [-0.3, -0.25) is 0 Å². The van der Waals surface area contributed by atoms with E-state index in [9.17, 15) is 0 Å². The summed E-state index contributed by atoms with van der Waals surface area (Å²) in [4.78, 5) is 14.0. The van der Waals surface area contributed by atoms with E-state index in [2.05, 4.69) is 15.0 Å². The van der Waals surface area contributed by atoms with Crippen LogP contribution >= 0.6 is 0 Å². The smallest absolute Gasteiger partial charge is 0.235 e. The number of piperidine rings is 1. The lowest BCUT2D eigenvalue weighted by atomic mass is 9.95. The Labute approximate surface area is 148 Å². The minimum Gasteiger partial charge on any atom is -0.437 e. The first-order valence-corrected chi connectivity index (χ1v) is 8.09. The van der Waals surface area contributed by atoms with Crippen molar-refractivity contribution < 1.29 is 8.81 Å². The molecule has 7 nitrogen and oxygen atoms in total. The highest BCUT2D eigenvalue weighted by Gasteiger charge is 2.41.